The van der Waals surface area contributed by atoms with Crippen molar-refractivity contribution in [3.8, 4) is 0 Å². The van der Waals surface area contributed by atoms with Gasteiger partial charge in [0.05, 0.1) is 0 Å². The number of carbonyl (C=O) groups is 1. The first kappa shape index (κ1) is 9.48. The zero-order valence-electron chi connectivity index (χ0n) is 7.60. The fourth-order valence-corrected chi connectivity index (χ4v) is 1.32. The molecule has 1 aliphatic heterocycles. The molecule has 0 aliphatic carbocycles. The van der Waals surface area contributed by atoms with Crippen molar-refractivity contribution in [1.29, 1.82) is 0 Å². The molecule has 70 valence electrons. The van der Waals surface area contributed by atoms with E-state index in [1.54, 1.807) is 7.05 Å². The lowest BCUT2D eigenvalue weighted by Gasteiger charge is -2.26. The molecule has 2 N–H and O–H groups in total. The van der Waals surface area contributed by atoms with Crippen LogP contribution in [0.2, 0.25) is 0 Å². The van der Waals surface area contributed by atoms with E-state index in [2.05, 4.69) is 15.5 Å². The van der Waals surface area contributed by atoms with Gasteiger partial charge in [0.2, 0.25) is 5.91 Å². The van der Waals surface area contributed by atoms with Crippen LogP contribution < -0.4 is 10.6 Å². The van der Waals surface area contributed by atoms with Crippen molar-refractivity contribution in [3.05, 3.63) is 0 Å². The van der Waals surface area contributed by atoms with Gasteiger partial charge in [0, 0.05) is 46.2 Å². The molecule has 12 heavy (non-hydrogen) atoms. The van der Waals surface area contributed by atoms with Gasteiger partial charge in [-0.3, -0.25) is 4.79 Å². The molecule has 1 saturated heterocycles. The van der Waals surface area contributed by atoms with E-state index in [-0.39, 0.29) is 5.91 Å². The molecule has 1 fully saturated rings. The molecular weight excluding hydrogens is 154 g/mol. The maximum absolute atomic E-state index is 10.9. The molecule has 0 radical (unpaired) electrons. The molecule has 0 saturated carbocycles. The molecule has 1 aliphatic rings. The highest BCUT2D eigenvalue weighted by atomic mass is 16.1. The second-order valence-electron chi connectivity index (χ2n) is 3.01. The van der Waals surface area contributed by atoms with Crippen LogP contribution in [0.1, 0.15) is 6.42 Å². The first-order chi connectivity index (χ1) is 5.83. The van der Waals surface area contributed by atoms with Crippen molar-refractivity contribution in [2.45, 2.75) is 6.42 Å². The Bertz CT molecular complexity index is 143. The Hall–Kier alpha value is -0.610. The summed E-state index contributed by atoms with van der Waals surface area (Å²) in [7, 11) is 1.68. The minimum atomic E-state index is 0.133. The van der Waals surface area contributed by atoms with Gasteiger partial charge in [-0.25, -0.2) is 0 Å². The largest absolute Gasteiger partial charge is 0.359 e. The van der Waals surface area contributed by atoms with E-state index in [4.69, 9.17) is 0 Å². The first-order valence-corrected chi connectivity index (χ1v) is 4.46. The number of carbonyl (C=O) groups excluding carboxylic acids is 1. The quantitative estimate of drug-likeness (QED) is 0.574. The smallest absolute Gasteiger partial charge is 0.221 e. The van der Waals surface area contributed by atoms with E-state index < -0.39 is 0 Å². The Morgan fingerprint density at radius 3 is 2.75 bits per heavy atom. The van der Waals surface area contributed by atoms with E-state index in [0.717, 1.165) is 32.7 Å². The molecule has 1 amide bonds. The lowest BCUT2D eigenvalue weighted by Crippen LogP contribution is -2.44. The number of piperazine rings is 1. The third-order valence-electron chi connectivity index (χ3n) is 2.14. The average molecular weight is 171 g/mol. The Labute approximate surface area is 73.3 Å². The molecule has 1 heterocycles. The van der Waals surface area contributed by atoms with Crippen molar-refractivity contribution >= 4 is 5.91 Å². The summed E-state index contributed by atoms with van der Waals surface area (Å²) in [5.74, 6) is 0.133. The van der Waals surface area contributed by atoms with E-state index in [9.17, 15) is 4.79 Å². The second-order valence-corrected chi connectivity index (χ2v) is 3.01. The molecule has 0 aromatic rings. The first-order valence-electron chi connectivity index (χ1n) is 4.46. The zero-order valence-corrected chi connectivity index (χ0v) is 7.60. The van der Waals surface area contributed by atoms with Crippen LogP contribution in [0.5, 0.6) is 0 Å². The van der Waals surface area contributed by atoms with Gasteiger partial charge in [-0.2, -0.15) is 0 Å². The second kappa shape index (κ2) is 5.11. The Morgan fingerprint density at radius 2 is 2.17 bits per heavy atom. The Morgan fingerprint density at radius 1 is 1.50 bits per heavy atom. The summed E-state index contributed by atoms with van der Waals surface area (Å²) in [6.07, 6.45) is 0.622. The minimum absolute atomic E-state index is 0.133. The predicted octanol–water partition coefficient (Wildman–Crippen LogP) is -0.972. The monoisotopic (exact) mass is 171 g/mol. The van der Waals surface area contributed by atoms with Crippen molar-refractivity contribution in [2.75, 3.05) is 39.8 Å². The van der Waals surface area contributed by atoms with Crippen LogP contribution >= 0.6 is 0 Å². The van der Waals surface area contributed by atoms with E-state index in [1.807, 2.05) is 0 Å². The zero-order chi connectivity index (χ0) is 8.81. The number of hydrogen-bond donors (Lipinski definition) is 2. The van der Waals surface area contributed by atoms with Crippen LogP contribution in [0.4, 0.5) is 0 Å². The molecule has 0 unspecified atom stereocenters. The van der Waals surface area contributed by atoms with Crippen molar-refractivity contribution < 1.29 is 4.79 Å². The van der Waals surface area contributed by atoms with Crippen molar-refractivity contribution in [2.24, 2.45) is 0 Å². The summed E-state index contributed by atoms with van der Waals surface area (Å²) in [5, 5.41) is 5.90. The summed E-state index contributed by atoms with van der Waals surface area (Å²) < 4.78 is 0. The lowest BCUT2D eigenvalue weighted by molar-refractivity contribution is -0.120. The van der Waals surface area contributed by atoms with Crippen LogP contribution in [0, 0.1) is 0 Å². The Kier molecular flexibility index (Phi) is 4.04. The van der Waals surface area contributed by atoms with Crippen molar-refractivity contribution in [1.82, 2.24) is 15.5 Å². The van der Waals surface area contributed by atoms with Gasteiger partial charge in [-0.05, 0) is 0 Å². The average Bonchev–Trinajstić information content (AvgIpc) is 2.16. The molecule has 0 bridgehead atoms. The molecule has 4 nitrogen and oxygen atoms in total. The summed E-state index contributed by atoms with van der Waals surface area (Å²) in [4.78, 5) is 13.2. The highest BCUT2D eigenvalue weighted by molar-refractivity contribution is 5.75. The molecule has 0 spiro atoms. The summed E-state index contributed by atoms with van der Waals surface area (Å²) in [5.41, 5.74) is 0. The van der Waals surface area contributed by atoms with Crippen LogP contribution in [0.25, 0.3) is 0 Å². The summed E-state index contributed by atoms with van der Waals surface area (Å²) >= 11 is 0. The highest BCUT2D eigenvalue weighted by Crippen LogP contribution is 1.93. The Balaban J connectivity index is 2.09. The number of nitrogens with zero attached hydrogens (tertiary/aromatic N) is 1. The predicted molar refractivity (Wildman–Crippen MR) is 48.0 cm³/mol. The van der Waals surface area contributed by atoms with Gasteiger partial charge in [0.15, 0.2) is 0 Å². The molecular formula is C8H17N3O. The van der Waals surface area contributed by atoms with E-state index in [0.29, 0.717) is 6.42 Å². The number of rotatable bonds is 3. The molecule has 0 aromatic heterocycles. The number of amides is 1. The third kappa shape index (κ3) is 3.19. The minimum Gasteiger partial charge on any atom is -0.359 e. The van der Waals surface area contributed by atoms with Gasteiger partial charge in [0.25, 0.3) is 0 Å². The molecule has 0 atom stereocenters. The van der Waals surface area contributed by atoms with Crippen LogP contribution in [-0.4, -0.2) is 50.6 Å². The van der Waals surface area contributed by atoms with Gasteiger partial charge >= 0.3 is 0 Å². The number of hydrogen-bond acceptors (Lipinski definition) is 3. The van der Waals surface area contributed by atoms with E-state index in [1.165, 1.54) is 0 Å². The normalized spacial score (nSPS) is 19.1. The van der Waals surface area contributed by atoms with E-state index >= 15 is 0 Å². The maximum atomic E-state index is 10.9. The van der Waals surface area contributed by atoms with Crippen LogP contribution in [0.15, 0.2) is 0 Å². The molecule has 1 rings (SSSR count). The maximum Gasteiger partial charge on any atom is 0.221 e. The topological polar surface area (TPSA) is 44.4 Å². The van der Waals surface area contributed by atoms with Gasteiger partial charge in [-0.15, -0.1) is 0 Å². The fraction of sp³-hybridized carbons (Fsp3) is 0.875. The molecule has 0 aromatic carbocycles. The van der Waals surface area contributed by atoms with Crippen molar-refractivity contribution in [3.63, 3.8) is 0 Å². The van der Waals surface area contributed by atoms with Gasteiger partial charge in [0.1, 0.15) is 0 Å². The SMILES string of the molecule is CNC(=O)CCN1CCNCC1. The number of nitrogens with one attached hydrogen (secondary N) is 2. The standard InChI is InChI=1S/C8H17N3O/c1-9-8(12)2-5-11-6-3-10-4-7-11/h10H,2-7H2,1H3,(H,9,12). The third-order valence-corrected chi connectivity index (χ3v) is 2.14. The fourth-order valence-electron chi connectivity index (χ4n) is 1.32. The highest BCUT2D eigenvalue weighted by Gasteiger charge is 2.09. The summed E-state index contributed by atoms with van der Waals surface area (Å²) in [6.45, 7) is 5.12. The summed E-state index contributed by atoms with van der Waals surface area (Å²) in [6, 6.07) is 0. The molecule has 4 heteroatoms. The lowest BCUT2D eigenvalue weighted by atomic mass is 10.3. The van der Waals surface area contributed by atoms with Crippen LogP contribution in [0.3, 0.4) is 0 Å². The van der Waals surface area contributed by atoms with Crippen LogP contribution in [-0.2, 0) is 4.79 Å². The van der Waals surface area contributed by atoms with Gasteiger partial charge < -0.3 is 15.5 Å². The van der Waals surface area contributed by atoms with Gasteiger partial charge in [-0.1, -0.05) is 0 Å².